The van der Waals surface area contributed by atoms with Crippen molar-refractivity contribution in [3.05, 3.63) is 6.42 Å². The molecule has 0 aliphatic carbocycles. The van der Waals surface area contributed by atoms with Crippen LogP contribution in [0.3, 0.4) is 0 Å². The highest BCUT2D eigenvalue weighted by atomic mass is 16.7. The summed E-state index contributed by atoms with van der Waals surface area (Å²) in [5.41, 5.74) is 0. The topological polar surface area (TPSA) is 42.2 Å². The van der Waals surface area contributed by atoms with Crippen LogP contribution in [0.2, 0.25) is 0 Å². The second-order valence-corrected chi connectivity index (χ2v) is 1.44. The van der Waals surface area contributed by atoms with Crippen LogP contribution < -0.4 is 0 Å². The lowest BCUT2D eigenvalue weighted by Gasteiger charge is -2.09. The zero-order valence-electron chi connectivity index (χ0n) is 5.63. The summed E-state index contributed by atoms with van der Waals surface area (Å²) >= 11 is 0. The molecule has 0 aliphatic heterocycles. The Bertz CT molecular complexity index is 93.7. The largest absolute Gasteiger partial charge is 0.356 e. The number of methoxy groups -OCH3 is 2. The van der Waals surface area contributed by atoms with E-state index in [2.05, 4.69) is 0 Å². The highest BCUT2D eigenvalue weighted by molar-refractivity contribution is 4.82. The number of ether oxygens (including phenoxy) is 2. The predicted octanol–water partition coefficient (Wildman–Crippen LogP) is 0.723. The van der Waals surface area contributed by atoms with Gasteiger partial charge in [-0.25, -0.2) is 0 Å². The average molecular weight is 128 g/mol. The van der Waals surface area contributed by atoms with Gasteiger partial charge in [0.15, 0.2) is 6.29 Å². The Balaban J connectivity index is 3.22. The summed E-state index contributed by atoms with van der Waals surface area (Å²) in [4.78, 5) is 0. The molecule has 51 valence electrons. The SMILES string of the molecule is COC([CH]CC#N)OC. The predicted molar refractivity (Wildman–Crippen MR) is 32.3 cm³/mol. The molecule has 0 spiro atoms. The van der Waals surface area contributed by atoms with Crippen molar-refractivity contribution < 1.29 is 9.47 Å². The molecule has 0 bridgehead atoms. The van der Waals surface area contributed by atoms with E-state index < -0.39 is 0 Å². The maximum absolute atomic E-state index is 8.11. The zero-order valence-corrected chi connectivity index (χ0v) is 5.63. The van der Waals surface area contributed by atoms with Crippen molar-refractivity contribution in [2.45, 2.75) is 12.7 Å². The van der Waals surface area contributed by atoms with E-state index >= 15 is 0 Å². The number of hydrogen-bond donors (Lipinski definition) is 0. The summed E-state index contributed by atoms with van der Waals surface area (Å²) in [6, 6.07) is 1.95. The van der Waals surface area contributed by atoms with E-state index in [9.17, 15) is 0 Å². The van der Waals surface area contributed by atoms with Gasteiger partial charge < -0.3 is 9.47 Å². The van der Waals surface area contributed by atoms with Gasteiger partial charge in [0.25, 0.3) is 0 Å². The van der Waals surface area contributed by atoms with Crippen molar-refractivity contribution in [3.63, 3.8) is 0 Å². The molecule has 0 aromatic rings. The Morgan fingerprint density at radius 2 is 2.11 bits per heavy atom. The third-order valence-corrected chi connectivity index (χ3v) is 0.866. The highest BCUT2D eigenvalue weighted by Gasteiger charge is 2.02. The van der Waals surface area contributed by atoms with Gasteiger partial charge >= 0.3 is 0 Å². The normalized spacial score (nSPS) is 9.56. The van der Waals surface area contributed by atoms with Gasteiger partial charge in [0.05, 0.1) is 6.07 Å². The molecule has 0 aromatic carbocycles. The highest BCUT2D eigenvalue weighted by Crippen LogP contribution is 1.97. The Hall–Kier alpha value is -0.590. The molecule has 0 saturated carbocycles. The van der Waals surface area contributed by atoms with Gasteiger partial charge in [0, 0.05) is 27.1 Å². The molecule has 3 heteroatoms. The van der Waals surface area contributed by atoms with E-state index in [-0.39, 0.29) is 6.29 Å². The summed E-state index contributed by atoms with van der Waals surface area (Å²) in [5, 5.41) is 8.11. The molecule has 0 rings (SSSR count). The molecule has 0 saturated heterocycles. The third-order valence-electron chi connectivity index (χ3n) is 0.866. The molecule has 0 N–H and O–H groups in total. The first-order valence-corrected chi connectivity index (χ1v) is 2.61. The van der Waals surface area contributed by atoms with Gasteiger partial charge in [0.2, 0.25) is 0 Å². The van der Waals surface area contributed by atoms with E-state index in [1.165, 1.54) is 14.2 Å². The van der Waals surface area contributed by atoms with Crippen LogP contribution in [0, 0.1) is 17.8 Å². The van der Waals surface area contributed by atoms with Gasteiger partial charge in [-0.2, -0.15) is 5.26 Å². The van der Waals surface area contributed by atoms with Gasteiger partial charge in [0.1, 0.15) is 0 Å². The lowest BCUT2D eigenvalue weighted by Crippen LogP contribution is -2.12. The summed E-state index contributed by atoms with van der Waals surface area (Å²) in [6.07, 6.45) is 1.66. The number of nitrogens with zero attached hydrogens (tertiary/aromatic N) is 1. The summed E-state index contributed by atoms with van der Waals surface area (Å²) in [6.45, 7) is 0. The minimum Gasteiger partial charge on any atom is -0.356 e. The number of rotatable bonds is 4. The molecule has 0 aromatic heterocycles. The molecule has 0 fully saturated rings. The van der Waals surface area contributed by atoms with E-state index in [4.69, 9.17) is 14.7 Å². The molecule has 0 aliphatic rings. The maximum Gasteiger partial charge on any atom is 0.161 e. The molecule has 0 unspecified atom stereocenters. The average Bonchev–Trinajstić information content (AvgIpc) is 1.91. The standard InChI is InChI=1S/C6H10NO2/c1-8-6(9-2)4-3-5-7/h4,6H,3H2,1-2H3. The fourth-order valence-electron chi connectivity index (χ4n) is 0.438. The van der Waals surface area contributed by atoms with Crippen LogP contribution in [-0.2, 0) is 9.47 Å². The van der Waals surface area contributed by atoms with Crippen LogP contribution in [0.4, 0.5) is 0 Å². The fourth-order valence-corrected chi connectivity index (χ4v) is 0.438. The van der Waals surface area contributed by atoms with Crippen LogP contribution in [0.5, 0.6) is 0 Å². The second kappa shape index (κ2) is 5.54. The van der Waals surface area contributed by atoms with E-state index in [0.29, 0.717) is 6.42 Å². The quantitative estimate of drug-likeness (QED) is 0.524. The first-order chi connectivity index (χ1) is 4.35. The van der Waals surface area contributed by atoms with Crippen molar-refractivity contribution >= 4 is 0 Å². The zero-order chi connectivity index (χ0) is 7.11. The lowest BCUT2D eigenvalue weighted by atomic mass is 10.3. The molecular formula is C6H10NO2. The van der Waals surface area contributed by atoms with Crippen molar-refractivity contribution in [1.29, 1.82) is 5.26 Å². The Morgan fingerprint density at radius 1 is 1.56 bits per heavy atom. The Labute approximate surface area is 55.2 Å². The fraction of sp³-hybridized carbons (Fsp3) is 0.667. The van der Waals surface area contributed by atoms with Crippen LogP contribution in [0.1, 0.15) is 6.42 Å². The van der Waals surface area contributed by atoms with Crippen molar-refractivity contribution in [1.82, 2.24) is 0 Å². The lowest BCUT2D eigenvalue weighted by molar-refractivity contribution is -0.0786. The summed E-state index contributed by atoms with van der Waals surface area (Å²) in [7, 11) is 3.06. The molecule has 0 atom stereocenters. The van der Waals surface area contributed by atoms with Crippen LogP contribution in [0.25, 0.3) is 0 Å². The van der Waals surface area contributed by atoms with E-state index in [0.717, 1.165) is 0 Å². The van der Waals surface area contributed by atoms with Crippen LogP contribution >= 0.6 is 0 Å². The summed E-state index contributed by atoms with van der Waals surface area (Å²) in [5.74, 6) is 0. The molecule has 3 nitrogen and oxygen atoms in total. The Kier molecular flexibility index (Phi) is 5.18. The van der Waals surface area contributed by atoms with Crippen molar-refractivity contribution in [3.8, 4) is 6.07 Å². The minimum atomic E-state index is -0.343. The van der Waals surface area contributed by atoms with E-state index in [1.54, 1.807) is 6.42 Å². The molecule has 9 heavy (non-hydrogen) atoms. The number of nitriles is 1. The van der Waals surface area contributed by atoms with Gasteiger partial charge in [-0.3, -0.25) is 0 Å². The van der Waals surface area contributed by atoms with Gasteiger partial charge in [-0.05, 0) is 0 Å². The molecular weight excluding hydrogens is 118 g/mol. The second-order valence-electron chi connectivity index (χ2n) is 1.44. The third kappa shape index (κ3) is 3.95. The van der Waals surface area contributed by atoms with Crippen LogP contribution in [0.15, 0.2) is 0 Å². The molecule has 0 heterocycles. The maximum atomic E-state index is 8.11. The van der Waals surface area contributed by atoms with Crippen molar-refractivity contribution in [2.75, 3.05) is 14.2 Å². The molecule has 1 radical (unpaired) electrons. The van der Waals surface area contributed by atoms with Crippen LogP contribution in [-0.4, -0.2) is 20.5 Å². The number of hydrogen-bond acceptors (Lipinski definition) is 3. The van der Waals surface area contributed by atoms with Gasteiger partial charge in [-0.15, -0.1) is 0 Å². The summed E-state index contributed by atoms with van der Waals surface area (Å²) < 4.78 is 9.55. The monoisotopic (exact) mass is 128 g/mol. The molecule has 0 amide bonds. The van der Waals surface area contributed by atoms with Gasteiger partial charge in [-0.1, -0.05) is 0 Å². The minimum absolute atomic E-state index is 0.343. The Morgan fingerprint density at radius 3 is 2.44 bits per heavy atom. The first-order valence-electron chi connectivity index (χ1n) is 2.61. The van der Waals surface area contributed by atoms with Crippen molar-refractivity contribution in [2.24, 2.45) is 0 Å². The van der Waals surface area contributed by atoms with E-state index in [1.807, 2.05) is 6.07 Å². The smallest absolute Gasteiger partial charge is 0.161 e. The first kappa shape index (κ1) is 8.41.